The number of nitrogens with zero attached hydrogens (tertiary/aromatic N) is 4. The molecule has 0 aliphatic heterocycles. The van der Waals surface area contributed by atoms with Crippen molar-refractivity contribution >= 4 is 27.1 Å². The molecule has 0 aliphatic rings. The molecular weight excluding hydrogens is 472 g/mol. The highest BCUT2D eigenvalue weighted by atomic mass is 32.2. The van der Waals surface area contributed by atoms with Crippen LogP contribution < -0.4 is 4.74 Å². The Kier molecular flexibility index (Phi) is 7.09. The smallest absolute Gasteiger partial charge is 0.293 e. The van der Waals surface area contributed by atoms with E-state index in [4.69, 9.17) is 4.74 Å². The minimum Gasteiger partial charge on any atom is -0.493 e. The molecular formula is C24H24N4O4S2. The van der Waals surface area contributed by atoms with Gasteiger partial charge in [0.15, 0.2) is 15.7 Å². The summed E-state index contributed by atoms with van der Waals surface area (Å²) < 4.78 is 30.7. The van der Waals surface area contributed by atoms with E-state index in [9.17, 15) is 13.2 Å². The van der Waals surface area contributed by atoms with Crippen LogP contribution in [0.3, 0.4) is 0 Å². The number of rotatable bonds is 9. The number of carbonyl (C=O) groups is 1. The van der Waals surface area contributed by atoms with E-state index in [-0.39, 0.29) is 16.6 Å². The maximum atomic E-state index is 13.0. The van der Waals surface area contributed by atoms with Crippen LogP contribution in [0.25, 0.3) is 16.4 Å². The summed E-state index contributed by atoms with van der Waals surface area (Å²) in [5, 5.41) is 6.46. The Morgan fingerprint density at radius 1 is 1.09 bits per heavy atom. The van der Waals surface area contributed by atoms with E-state index in [0.717, 1.165) is 16.8 Å². The predicted octanol–water partition coefficient (Wildman–Crippen LogP) is 3.94. The van der Waals surface area contributed by atoms with Crippen LogP contribution in [0.1, 0.15) is 17.0 Å². The van der Waals surface area contributed by atoms with Crippen LogP contribution in [0, 0.1) is 0 Å². The van der Waals surface area contributed by atoms with Crippen LogP contribution >= 0.6 is 11.3 Å². The van der Waals surface area contributed by atoms with Crippen molar-refractivity contribution in [2.24, 2.45) is 0 Å². The topological polar surface area (TPSA) is 94.4 Å². The summed E-state index contributed by atoms with van der Waals surface area (Å²) in [7, 11) is -1.60. The molecule has 0 unspecified atom stereocenters. The molecule has 0 saturated carbocycles. The molecule has 1 amide bonds. The number of carbonyl (C=O) groups excluding carboxylic acids is 1. The van der Waals surface area contributed by atoms with Crippen molar-refractivity contribution < 1.29 is 17.9 Å². The zero-order chi connectivity index (χ0) is 24.1. The van der Waals surface area contributed by atoms with E-state index >= 15 is 0 Å². The third-order valence-corrected chi connectivity index (χ3v) is 7.00. The second-order valence-electron chi connectivity index (χ2n) is 7.66. The number of benzene rings is 2. The normalized spacial score (nSPS) is 11.4. The molecule has 0 aliphatic carbocycles. The van der Waals surface area contributed by atoms with Crippen molar-refractivity contribution in [1.29, 1.82) is 0 Å². The van der Waals surface area contributed by atoms with Gasteiger partial charge in [0.2, 0.25) is 5.82 Å². The van der Waals surface area contributed by atoms with E-state index in [1.807, 2.05) is 47.8 Å². The van der Waals surface area contributed by atoms with Crippen molar-refractivity contribution in [2.45, 2.75) is 11.3 Å². The number of hydrogen-bond acceptors (Lipinski definition) is 7. The van der Waals surface area contributed by atoms with E-state index < -0.39 is 9.84 Å². The molecule has 10 heteroatoms. The maximum Gasteiger partial charge on any atom is 0.293 e. The van der Waals surface area contributed by atoms with Gasteiger partial charge in [-0.2, -0.15) is 0 Å². The van der Waals surface area contributed by atoms with Crippen molar-refractivity contribution in [3.63, 3.8) is 0 Å². The van der Waals surface area contributed by atoms with Crippen LogP contribution in [-0.4, -0.2) is 60.4 Å². The Balaban J connectivity index is 1.41. The van der Waals surface area contributed by atoms with Gasteiger partial charge in [-0.1, -0.05) is 30.3 Å². The molecule has 8 nitrogen and oxygen atoms in total. The van der Waals surface area contributed by atoms with Gasteiger partial charge in [-0.3, -0.25) is 4.79 Å². The van der Waals surface area contributed by atoms with E-state index in [2.05, 4.69) is 10.1 Å². The van der Waals surface area contributed by atoms with Crippen LogP contribution in [0.2, 0.25) is 0 Å². The van der Waals surface area contributed by atoms with E-state index in [1.54, 1.807) is 28.8 Å². The highest BCUT2D eigenvalue weighted by Gasteiger charge is 2.22. The Morgan fingerprint density at radius 3 is 2.59 bits per heavy atom. The van der Waals surface area contributed by atoms with Crippen LogP contribution in [0.15, 0.2) is 77.0 Å². The summed E-state index contributed by atoms with van der Waals surface area (Å²) in [6.07, 6.45) is 1.71. The largest absolute Gasteiger partial charge is 0.493 e. The summed E-state index contributed by atoms with van der Waals surface area (Å²) in [4.78, 5) is 20.2. The highest BCUT2D eigenvalue weighted by Crippen LogP contribution is 2.26. The fraction of sp³-hybridized carbons (Fsp3) is 0.208. The van der Waals surface area contributed by atoms with Gasteiger partial charge < -0.3 is 9.64 Å². The van der Waals surface area contributed by atoms with Gasteiger partial charge in [0, 0.05) is 19.8 Å². The average molecular weight is 497 g/mol. The molecule has 0 atom stereocenters. The highest BCUT2D eigenvalue weighted by molar-refractivity contribution is 7.90. The quantitative estimate of drug-likeness (QED) is 0.326. The number of hydrogen-bond donors (Lipinski definition) is 0. The Labute approximate surface area is 202 Å². The zero-order valence-electron chi connectivity index (χ0n) is 18.8. The molecule has 0 N–H and O–H groups in total. The lowest BCUT2D eigenvalue weighted by Crippen LogP contribution is -2.29. The number of sulfone groups is 1. The number of ether oxygens (including phenoxy) is 1. The van der Waals surface area contributed by atoms with Crippen molar-refractivity contribution in [3.05, 3.63) is 77.9 Å². The Bertz CT molecular complexity index is 1370. The second-order valence-corrected chi connectivity index (χ2v) is 10.6. The third kappa shape index (κ3) is 5.52. The summed E-state index contributed by atoms with van der Waals surface area (Å²) in [6, 6.07) is 19.8. The van der Waals surface area contributed by atoms with Gasteiger partial charge in [0.1, 0.15) is 5.75 Å². The molecule has 0 saturated heterocycles. The summed E-state index contributed by atoms with van der Waals surface area (Å²) in [5.74, 6) is 0.927. The van der Waals surface area contributed by atoms with Crippen LogP contribution in [0.5, 0.6) is 5.75 Å². The maximum absolute atomic E-state index is 13.0. The fourth-order valence-electron chi connectivity index (χ4n) is 3.28. The van der Waals surface area contributed by atoms with Gasteiger partial charge >= 0.3 is 0 Å². The lowest BCUT2D eigenvalue weighted by molar-refractivity contribution is 0.0776. The van der Waals surface area contributed by atoms with Gasteiger partial charge in [-0.15, -0.1) is 16.4 Å². The number of thiophene rings is 1. The van der Waals surface area contributed by atoms with Crippen LogP contribution in [-0.2, 0) is 9.84 Å². The molecule has 0 spiro atoms. The monoisotopic (exact) mass is 496 g/mol. The second kappa shape index (κ2) is 10.2. The number of amides is 1. The molecule has 0 radical (unpaired) electrons. The molecule has 176 valence electrons. The average Bonchev–Trinajstić information content (AvgIpc) is 3.51. The predicted molar refractivity (Wildman–Crippen MR) is 131 cm³/mol. The summed E-state index contributed by atoms with van der Waals surface area (Å²) in [5.41, 5.74) is 0.824. The molecule has 34 heavy (non-hydrogen) atoms. The summed E-state index contributed by atoms with van der Waals surface area (Å²) in [6.45, 7) is 0.760. The SMILES string of the molecule is CN(CCCOc1cccc(S(C)(=O)=O)c1)C(=O)c1nc(-c2cccs2)n(-c2ccccc2)n1. The first kappa shape index (κ1) is 23.7. The van der Waals surface area contributed by atoms with Gasteiger partial charge in [0.05, 0.1) is 22.1 Å². The molecule has 2 heterocycles. The third-order valence-electron chi connectivity index (χ3n) is 5.03. The standard InChI is InChI=1S/C24H24N4O4S2/c1-27(14-8-15-32-19-11-6-12-20(17-19)34(2,30)31)24(29)22-25-23(21-13-7-16-33-21)28(26-22)18-9-4-3-5-10-18/h3-7,9-13,16-17H,8,14-15H2,1-2H3. The molecule has 2 aromatic carbocycles. The lowest BCUT2D eigenvalue weighted by Gasteiger charge is -2.15. The Hall–Kier alpha value is -3.50. The molecule has 0 fully saturated rings. The first-order valence-electron chi connectivity index (χ1n) is 10.6. The van der Waals surface area contributed by atoms with Gasteiger partial charge in [-0.05, 0) is 48.2 Å². The fourth-order valence-corrected chi connectivity index (χ4v) is 4.63. The van der Waals surface area contributed by atoms with E-state index in [1.165, 1.54) is 23.5 Å². The van der Waals surface area contributed by atoms with E-state index in [0.29, 0.717) is 31.1 Å². The number of para-hydroxylation sites is 1. The Morgan fingerprint density at radius 2 is 1.88 bits per heavy atom. The first-order chi connectivity index (χ1) is 16.3. The lowest BCUT2D eigenvalue weighted by atomic mass is 10.3. The number of aromatic nitrogens is 3. The van der Waals surface area contributed by atoms with Crippen molar-refractivity contribution in [1.82, 2.24) is 19.7 Å². The molecule has 0 bridgehead atoms. The van der Waals surface area contributed by atoms with Crippen molar-refractivity contribution in [3.8, 4) is 22.1 Å². The van der Waals surface area contributed by atoms with Crippen molar-refractivity contribution in [2.75, 3.05) is 26.5 Å². The molecule has 4 rings (SSSR count). The zero-order valence-corrected chi connectivity index (χ0v) is 20.4. The minimum atomic E-state index is -3.30. The minimum absolute atomic E-state index is 0.122. The van der Waals surface area contributed by atoms with Gasteiger partial charge in [0.25, 0.3) is 5.91 Å². The van der Waals surface area contributed by atoms with Crippen LogP contribution in [0.4, 0.5) is 0 Å². The first-order valence-corrected chi connectivity index (χ1v) is 13.3. The molecule has 4 aromatic rings. The summed E-state index contributed by atoms with van der Waals surface area (Å²) >= 11 is 1.53. The molecule has 2 aromatic heterocycles. The van der Waals surface area contributed by atoms with Gasteiger partial charge in [-0.25, -0.2) is 18.1 Å².